The maximum atomic E-state index is 7.03. The predicted molar refractivity (Wildman–Crippen MR) is 504 cm³/mol. The van der Waals surface area contributed by atoms with Gasteiger partial charge in [0.25, 0.3) is 0 Å². The Bertz CT molecular complexity index is 7590. The molecule has 0 fully saturated rings. The first-order chi connectivity index (χ1) is 60.0. The minimum Gasteiger partial charge on any atom is -0.456 e. The van der Waals surface area contributed by atoms with Gasteiger partial charge in [-0.3, -0.25) is 4.90 Å². The van der Waals surface area contributed by atoms with Crippen LogP contribution in [0.5, 0.6) is 23.0 Å². The summed E-state index contributed by atoms with van der Waals surface area (Å²) < 4.78 is 20.8. The topological polar surface area (TPSA) is 57.5 Å². The van der Waals surface area contributed by atoms with Gasteiger partial charge in [0.2, 0.25) is 0 Å². The second kappa shape index (κ2) is 29.5. The molecule has 0 bridgehead atoms. The van der Waals surface area contributed by atoms with E-state index in [-0.39, 0.29) is 0 Å². The van der Waals surface area contributed by atoms with Crippen molar-refractivity contribution in [2.75, 3.05) is 19.6 Å². The summed E-state index contributed by atoms with van der Waals surface area (Å²) in [5.41, 5.74) is 22.2. The van der Waals surface area contributed by atoms with E-state index >= 15 is 0 Å². The molecule has 121 heavy (non-hydrogen) atoms. The van der Waals surface area contributed by atoms with Gasteiger partial charge in [-0.05, 0) is 247 Å². The van der Waals surface area contributed by atoms with Crippen LogP contribution in [0.3, 0.4) is 0 Å². The first-order valence-corrected chi connectivity index (χ1v) is 41.0. The number of aromatic nitrogens is 1. The van der Waals surface area contributed by atoms with E-state index in [1.165, 1.54) is 59.6 Å². The minimum absolute atomic E-state index is 0.824. The predicted octanol–water partition coefficient (Wildman–Crippen LogP) is 32.3. The quantitative estimate of drug-likeness (QED) is 0.0999. The summed E-state index contributed by atoms with van der Waals surface area (Å²) in [6.45, 7) is 0. The fourth-order valence-corrected chi connectivity index (χ4v) is 18.5. The zero-order valence-corrected chi connectivity index (χ0v) is 65.6. The maximum absolute atomic E-state index is 7.03. The number of hydrogen-bond donors (Lipinski definition) is 0. The number of anilines is 12. The highest BCUT2D eigenvalue weighted by Gasteiger charge is 2.30. The fourth-order valence-electron chi connectivity index (χ4n) is 18.5. The fraction of sp³-hybridized carbons (Fsp3) is 0. The van der Waals surface area contributed by atoms with E-state index in [1.54, 1.807) is 0 Å². The van der Waals surface area contributed by atoms with Gasteiger partial charge in [-0.25, -0.2) is 4.98 Å². The molecular formula is C113H73N5O3. The van der Waals surface area contributed by atoms with E-state index in [1.807, 2.05) is 18.3 Å². The summed E-state index contributed by atoms with van der Waals surface area (Å²) >= 11 is 0. The molecule has 0 amide bonds. The van der Waals surface area contributed by atoms with Gasteiger partial charge < -0.3 is 28.6 Å². The molecule has 2 aliphatic heterocycles. The number of nitrogens with zero attached hydrogens (tertiary/aromatic N) is 5. The lowest BCUT2D eigenvalue weighted by Crippen LogP contribution is -2.11. The molecule has 22 aromatic rings. The Morgan fingerprint density at radius 3 is 1.06 bits per heavy atom. The van der Waals surface area contributed by atoms with Crippen LogP contribution in [-0.2, 0) is 0 Å². The summed E-state index contributed by atoms with van der Waals surface area (Å²) in [6.07, 6.45) is 2.01. The smallest absolute Gasteiger partial charge is 0.159 e. The van der Waals surface area contributed by atoms with Gasteiger partial charge in [-0.15, -0.1) is 0 Å². The SMILES string of the molecule is c1ccc(N(c2ccccc2)c2cc3c4cccc5c4c(cc3c3ccccc23)-c2ccc(-c3cccc4c3oc3c(N(c6ccccc6)c6ccccc6)cccc34)cc2O5)cc1.c1ccc(N(c2ccccc2)c2ccc3c(c2)Oc2cccc4c2c-3cc2c3ccccc3c(-c3ccc(N(c5ccccc5)c5ccccc5)nc3)cc42)cc1. The molecule has 0 N–H and O–H groups in total. The lowest BCUT2D eigenvalue weighted by atomic mass is 9.86. The highest BCUT2D eigenvalue weighted by Crippen LogP contribution is 2.56. The lowest BCUT2D eigenvalue weighted by molar-refractivity contribution is 0.487. The molecule has 0 saturated heterocycles. The second-order valence-electron chi connectivity index (χ2n) is 30.8. The average Bonchev–Trinajstić information content (AvgIpc) is 1.22. The third-order valence-corrected chi connectivity index (χ3v) is 23.8. The maximum Gasteiger partial charge on any atom is 0.159 e. The van der Waals surface area contributed by atoms with Gasteiger partial charge in [0.15, 0.2) is 5.58 Å². The van der Waals surface area contributed by atoms with Crippen LogP contribution in [-0.4, -0.2) is 4.98 Å². The van der Waals surface area contributed by atoms with Crippen molar-refractivity contribution >= 4 is 155 Å². The standard InChI is InChI=1S/C60H38N2O2.C53H35N3O/c1-5-18-40(19-6-1)61(41-20-7-2-8-21-41)54-32-16-31-50-49-30-15-28-44(59(49)64-60(50)54)39-34-35-47-53-37-51-45-26-13-14-27-46(45)55(62(42-22-9-3-10-23-42)43-24-11-4-12-25-43)38-52(51)48-29-17-33-56(58(48)53)63-57(47)36-39;1-5-16-37(17-6-1)55(38-18-7-2-8-19-38)41-29-30-44-49-34-47-43-25-14-13-24-42(43)46(33-48(47)45-26-15-27-50(53(45)49)57-51(44)32-41)36-28-31-52(54-35-36)56(39-20-9-3-10-21-39)40-22-11-4-12-23-40/h1-38H;1-35H. The van der Waals surface area contributed by atoms with E-state index in [4.69, 9.17) is 18.9 Å². The molecule has 0 spiro atoms. The zero-order chi connectivity index (χ0) is 79.9. The van der Waals surface area contributed by atoms with Gasteiger partial charge in [-0.2, -0.15) is 0 Å². The summed E-state index contributed by atoms with van der Waals surface area (Å²) in [4.78, 5) is 14.2. The number of hydrogen-bond acceptors (Lipinski definition) is 8. The Morgan fingerprint density at radius 2 is 0.554 bits per heavy atom. The molecular weight excluding hydrogens is 1480 g/mol. The molecule has 0 aliphatic carbocycles. The highest BCUT2D eigenvalue weighted by atomic mass is 16.5. The minimum atomic E-state index is 0.824. The van der Waals surface area contributed by atoms with Crippen LogP contribution < -0.4 is 29.1 Å². The van der Waals surface area contributed by atoms with E-state index in [9.17, 15) is 0 Å². The number of fused-ring (bicyclic) bond motifs is 15. The number of benzene rings is 20. The molecule has 2 aromatic heterocycles. The molecule has 4 heterocycles. The molecule has 0 radical (unpaired) electrons. The van der Waals surface area contributed by atoms with Crippen LogP contribution in [0.2, 0.25) is 0 Å². The van der Waals surface area contributed by atoms with Crippen molar-refractivity contribution in [2.45, 2.75) is 0 Å². The van der Waals surface area contributed by atoms with Crippen molar-refractivity contribution in [1.82, 2.24) is 4.98 Å². The summed E-state index contributed by atoms with van der Waals surface area (Å²) in [5, 5.41) is 16.3. The number of pyridine rings is 1. The third kappa shape index (κ3) is 12.1. The largest absolute Gasteiger partial charge is 0.456 e. The summed E-state index contributed by atoms with van der Waals surface area (Å²) in [7, 11) is 0. The molecule has 0 unspecified atom stereocenters. The number of rotatable bonds is 14. The van der Waals surface area contributed by atoms with Crippen molar-refractivity contribution in [3.8, 4) is 67.5 Å². The molecule has 8 heteroatoms. The molecule has 0 saturated carbocycles. The molecule has 0 atom stereocenters. The first kappa shape index (κ1) is 70.1. The van der Waals surface area contributed by atoms with Crippen LogP contribution in [0.15, 0.2) is 447 Å². The second-order valence-corrected chi connectivity index (χ2v) is 30.8. The van der Waals surface area contributed by atoms with Crippen molar-refractivity contribution in [3.63, 3.8) is 0 Å². The van der Waals surface area contributed by atoms with Gasteiger partial charge in [0.05, 0.1) is 11.4 Å². The van der Waals surface area contributed by atoms with Crippen LogP contribution in [0.25, 0.3) is 131 Å². The van der Waals surface area contributed by atoms with Gasteiger partial charge in [-0.1, -0.05) is 255 Å². The molecule has 8 nitrogen and oxygen atoms in total. The monoisotopic (exact) mass is 1550 g/mol. The molecule has 20 aromatic carbocycles. The Kier molecular flexibility index (Phi) is 17.1. The normalized spacial score (nSPS) is 11.8. The van der Waals surface area contributed by atoms with E-state index < -0.39 is 0 Å². The van der Waals surface area contributed by atoms with Crippen molar-refractivity contribution in [3.05, 3.63) is 443 Å². The van der Waals surface area contributed by atoms with Gasteiger partial charge >= 0.3 is 0 Å². The van der Waals surface area contributed by atoms with Crippen LogP contribution in [0.4, 0.5) is 68.4 Å². The molecule has 568 valence electrons. The Morgan fingerprint density at radius 1 is 0.182 bits per heavy atom. The van der Waals surface area contributed by atoms with Crippen molar-refractivity contribution in [2.24, 2.45) is 0 Å². The average molecular weight is 1550 g/mol. The highest BCUT2D eigenvalue weighted by molar-refractivity contribution is 6.28. The number of para-hydroxylation sites is 10. The van der Waals surface area contributed by atoms with Gasteiger partial charge in [0.1, 0.15) is 34.4 Å². The Balaban J connectivity index is 0.000000142. The lowest BCUT2D eigenvalue weighted by Gasteiger charge is -2.28. The number of ether oxygens (including phenoxy) is 2. The van der Waals surface area contributed by atoms with Crippen LogP contribution in [0, 0.1) is 0 Å². The molecule has 2 aliphatic rings. The Hall–Kier alpha value is -16.3. The van der Waals surface area contributed by atoms with Crippen molar-refractivity contribution < 1.29 is 13.9 Å². The summed E-state index contributed by atoms with van der Waals surface area (Å²) in [5.74, 6) is 4.24. The van der Waals surface area contributed by atoms with Gasteiger partial charge in [0, 0.05) is 113 Å². The van der Waals surface area contributed by atoms with E-state index in [0.717, 1.165) is 163 Å². The first-order valence-electron chi connectivity index (χ1n) is 41.0. The Labute approximate surface area is 699 Å². The number of furan rings is 1. The van der Waals surface area contributed by atoms with E-state index in [2.05, 4.69) is 444 Å². The zero-order valence-electron chi connectivity index (χ0n) is 65.6. The van der Waals surface area contributed by atoms with Crippen LogP contribution in [0.1, 0.15) is 0 Å². The van der Waals surface area contributed by atoms with Crippen molar-refractivity contribution in [1.29, 1.82) is 0 Å². The third-order valence-electron chi connectivity index (χ3n) is 23.8. The van der Waals surface area contributed by atoms with Crippen LogP contribution >= 0.6 is 0 Å². The summed E-state index contributed by atoms with van der Waals surface area (Å²) in [6, 6.07) is 154. The van der Waals surface area contributed by atoms with E-state index in [0.29, 0.717) is 0 Å². The molecule has 24 rings (SSSR count).